The molecule has 1 aromatic carbocycles. The summed E-state index contributed by atoms with van der Waals surface area (Å²) in [5.74, 6) is 0.163. The highest BCUT2D eigenvalue weighted by Crippen LogP contribution is 2.32. The largest absolute Gasteiger partial charge is 0.328 e. The Morgan fingerprint density at radius 2 is 1.77 bits per heavy atom. The summed E-state index contributed by atoms with van der Waals surface area (Å²) in [6, 6.07) is 10.0. The molecule has 134 valence electrons. The van der Waals surface area contributed by atoms with Gasteiger partial charge in [0, 0.05) is 18.0 Å². The van der Waals surface area contributed by atoms with E-state index in [1.165, 1.54) is 12.1 Å². The second kappa shape index (κ2) is 5.83. The van der Waals surface area contributed by atoms with Gasteiger partial charge in [0.2, 0.25) is 0 Å². The lowest BCUT2D eigenvalue weighted by Crippen LogP contribution is -2.30. The average molecular weight is 352 g/mol. The highest BCUT2D eigenvalue weighted by molar-refractivity contribution is 5.94. The van der Waals surface area contributed by atoms with E-state index in [-0.39, 0.29) is 17.0 Å². The van der Waals surface area contributed by atoms with Crippen LogP contribution in [0.4, 0.5) is 4.39 Å². The van der Waals surface area contributed by atoms with Gasteiger partial charge in [-0.15, -0.1) is 0 Å². The zero-order valence-corrected chi connectivity index (χ0v) is 15.1. The van der Waals surface area contributed by atoms with Crippen LogP contribution in [0.15, 0.2) is 48.8 Å². The van der Waals surface area contributed by atoms with E-state index in [2.05, 4.69) is 20.8 Å². The van der Waals surface area contributed by atoms with Gasteiger partial charge < -0.3 is 9.47 Å². The Hall–Kier alpha value is -2.89. The van der Waals surface area contributed by atoms with E-state index in [0.717, 1.165) is 17.1 Å². The molecule has 6 heteroatoms. The number of carbonyl (C=O) groups excluding carboxylic acids is 1. The summed E-state index contributed by atoms with van der Waals surface area (Å²) in [5.41, 5.74) is 1.79. The maximum Gasteiger partial charge on any atom is 0.257 e. The maximum atomic E-state index is 14.0. The van der Waals surface area contributed by atoms with Crippen LogP contribution in [-0.2, 0) is 18.6 Å². The van der Waals surface area contributed by atoms with Gasteiger partial charge in [-0.3, -0.25) is 4.79 Å². The van der Waals surface area contributed by atoms with Crippen LogP contribution in [0.3, 0.4) is 0 Å². The SMILES string of the molecule is CC(C)(C)n1nc2c(c1-n1cccc1)CN(C(=O)c1ccccc1F)C2. The fourth-order valence-corrected chi connectivity index (χ4v) is 3.36. The molecule has 0 bridgehead atoms. The molecular formula is C20H21FN4O. The van der Waals surface area contributed by atoms with Gasteiger partial charge in [-0.25, -0.2) is 9.07 Å². The molecule has 2 aromatic heterocycles. The summed E-state index contributed by atoms with van der Waals surface area (Å²) in [5, 5.41) is 4.77. The zero-order valence-electron chi connectivity index (χ0n) is 15.1. The second-order valence-corrected chi connectivity index (χ2v) is 7.56. The summed E-state index contributed by atoms with van der Waals surface area (Å²) >= 11 is 0. The van der Waals surface area contributed by atoms with Gasteiger partial charge in [-0.2, -0.15) is 5.10 Å². The highest BCUT2D eigenvalue weighted by Gasteiger charge is 2.34. The molecule has 0 atom stereocenters. The summed E-state index contributed by atoms with van der Waals surface area (Å²) in [6.07, 6.45) is 3.95. The standard InChI is InChI=1S/C20H21FN4O/c1-20(2,3)25-18(23-10-6-7-11-23)15-12-24(13-17(15)22-25)19(26)14-8-4-5-9-16(14)21/h4-11H,12-13H2,1-3H3. The third-order valence-corrected chi connectivity index (χ3v) is 4.61. The molecule has 0 spiro atoms. The normalized spacial score (nSPS) is 13.9. The number of fused-ring (bicyclic) bond motifs is 1. The quantitative estimate of drug-likeness (QED) is 0.705. The molecule has 4 rings (SSSR count). The molecule has 0 N–H and O–H groups in total. The van der Waals surface area contributed by atoms with Crippen molar-refractivity contribution in [2.45, 2.75) is 39.4 Å². The summed E-state index contributed by atoms with van der Waals surface area (Å²) in [4.78, 5) is 14.4. The molecule has 0 fully saturated rings. The molecule has 0 radical (unpaired) electrons. The van der Waals surface area contributed by atoms with Crippen molar-refractivity contribution in [2.75, 3.05) is 0 Å². The van der Waals surface area contributed by atoms with Gasteiger partial charge in [-0.1, -0.05) is 12.1 Å². The van der Waals surface area contributed by atoms with Gasteiger partial charge in [0.15, 0.2) is 0 Å². The van der Waals surface area contributed by atoms with Crippen molar-refractivity contribution in [3.63, 3.8) is 0 Å². The van der Waals surface area contributed by atoms with Crippen molar-refractivity contribution in [2.24, 2.45) is 0 Å². The van der Waals surface area contributed by atoms with Gasteiger partial charge in [0.25, 0.3) is 5.91 Å². The van der Waals surface area contributed by atoms with E-state index in [0.29, 0.717) is 13.1 Å². The monoisotopic (exact) mass is 352 g/mol. The molecule has 3 aromatic rings. The minimum atomic E-state index is -0.493. The Morgan fingerprint density at radius 1 is 1.08 bits per heavy atom. The molecule has 1 aliphatic rings. The molecule has 0 saturated carbocycles. The number of carbonyl (C=O) groups is 1. The third-order valence-electron chi connectivity index (χ3n) is 4.61. The smallest absolute Gasteiger partial charge is 0.257 e. The number of rotatable bonds is 2. The van der Waals surface area contributed by atoms with Crippen molar-refractivity contribution < 1.29 is 9.18 Å². The Morgan fingerprint density at radius 3 is 2.42 bits per heavy atom. The number of amides is 1. The lowest BCUT2D eigenvalue weighted by Gasteiger charge is -2.24. The Bertz CT molecular complexity index is 966. The van der Waals surface area contributed by atoms with Crippen LogP contribution in [-0.4, -0.2) is 25.2 Å². The number of benzene rings is 1. The molecule has 0 unspecified atom stereocenters. The van der Waals surface area contributed by atoms with Crippen LogP contribution in [0.1, 0.15) is 42.4 Å². The predicted molar refractivity (Wildman–Crippen MR) is 96.5 cm³/mol. The first-order chi connectivity index (χ1) is 12.4. The Balaban J connectivity index is 1.73. The Labute approximate surface area is 151 Å². The summed E-state index contributed by atoms with van der Waals surface area (Å²) < 4.78 is 18.0. The maximum absolute atomic E-state index is 14.0. The van der Waals surface area contributed by atoms with E-state index in [1.807, 2.05) is 33.8 Å². The fourth-order valence-electron chi connectivity index (χ4n) is 3.36. The van der Waals surface area contributed by atoms with Crippen molar-refractivity contribution in [3.8, 4) is 5.82 Å². The first-order valence-electron chi connectivity index (χ1n) is 8.64. The van der Waals surface area contributed by atoms with Gasteiger partial charge in [-0.05, 0) is 45.0 Å². The molecular weight excluding hydrogens is 331 g/mol. The van der Waals surface area contributed by atoms with Crippen LogP contribution in [0.2, 0.25) is 0 Å². The topological polar surface area (TPSA) is 43.1 Å². The number of hydrogen-bond acceptors (Lipinski definition) is 2. The van der Waals surface area contributed by atoms with Gasteiger partial charge >= 0.3 is 0 Å². The predicted octanol–water partition coefficient (Wildman–Crippen LogP) is 3.72. The number of aromatic nitrogens is 3. The van der Waals surface area contributed by atoms with Crippen molar-refractivity contribution >= 4 is 5.91 Å². The third kappa shape index (κ3) is 2.62. The molecule has 5 nitrogen and oxygen atoms in total. The first-order valence-corrected chi connectivity index (χ1v) is 8.64. The van der Waals surface area contributed by atoms with Gasteiger partial charge in [0.1, 0.15) is 11.6 Å². The minimum absolute atomic E-state index is 0.101. The van der Waals surface area contributed by atoms with Crippen LogP contribution >= 0.6 is 0 Å². The van der Waals surface area contributed by atoms with Crippen molar-refractivity contribution in [1.29, 1.82) is 0 Å². The summed E-state index contributed by atoms with van der Waals surface area (Å²) in [6.45, 7) is 7.12. The molecule has 0 saturated heterocycles. The van der Waals surface area contributed by atoms with Crippen LogP contribution in [0.25, 0.3) is 5.82 Å². The van der Waals surface area contributed by atoms with Crippen molar-refractivity contribution in [3.05, 3.63) is 71.4 Å². The van der Waals surface area contributed by atoms with Crippen LogP contribution < -0.4 is 0 Å². The van der Waals surface area contributed by atoms with E-state index in [1.54, 1.807) is 17.0 Å². The highest BCUT2D eigenvalue weighted by atomic mass is 19.1. The Kier molecular flexibility index (Phi) is 3.72. The molecule has 3 heterocycles. The van der Waals surface area contributed by atoms with E-state index in [4.69, 9.17) is 5.10 Å². The van der Waals surface area contributed by atoms with E-state index in [9.17, 15) is 9.18 Å². The lowest BCUT2D eigenvalue weighted by atomic mass is 10.1. The zero-order chi connectivity index (χ0) is 18.5. The van der Waals surface area contributed by atoms with E-state index < -0.39 is 5.82 Å². The molecule has 1 amide bonds. The van der Waals surface area contributed by atoms with Gasteiger partial charge in [0.05, 0.1) is 29.9 Å². The molecule has 1 aliphatic heterocycles. The lowest BCUT2D eigenvalue weighted by molar-refractivity contribution is 0.0743. The number of nitrogens with zero attached hydrogens (tertiary/aromatic N) is 4. The fraction of sp³-hybridized carbons (Fsp3) is 0.300. The van der Waals surface area contributed by atoms with E-state index >= 15 is 0 Å². The molecule has 0 aliphatic carbocycles. The minimum Gasteiger partial charge on any atom is -0.328 e. The second-order valence-electron chi connectivity index (χ2n) is 7.56. The number of halogens is 1. The molecule has 26 heavy (non-hydrogen) atoms. The van der Waals surface area contributed by atoms with Crippen molar-refractivity contribution in [1.82, 2.24) is 19.2 Å². The first kappa shape index (κ1) is 16.6. The number of hydrogen-bond donors (Lipinski definition) is 0. The van der Waals surface area contributed by atoms with Crippen LogP contribution in [0, 0.1) is 5.82 Å². The van der Waals surface area contributed by atoms with Crippen LogP contribution in [0.5, 0.6) is 0 Å². The average Bonchev–Trinajstić information content (AvgIpc) is 3.29. The summed E-state index contributed by atoms with van der Waals surface area (Å²) in [7, 11) is 0.